The van der Waals surface area contributed by atoms with Crippen molar-refractivity contribution in [3.05, 3.63) is 30.1 Å². The molecule has 84 valence electrons. The van der Waals surface area contributed by atoms with Crippen molar-refractivity contribution in [3.63, 3.8) is 0 Å². The van der Waals surface area contributed by atoms with E-state index in [1.807, 2.05) is 12.1 Å². The Morgan fingerprint density at radius 3 is 2.67 bits per heavy atom. The molecule has 1 aliphatic rings. The van der Waals surface area contributed by atoms with Crippen LogP contribution in [0.15, 0.2) is 29.2 Å². The normalized spacial score (nSPS) is 19.9. The molecule has 0 radical (unpaired) electrons. The molecule has 1 unspecified atom stereocenters. The summed E-state index contributed by atoms with van der Waals surface area (Å²) in [5.74, 6) is 0.930. The maximum Gasteiger partial charge on any atom is 0.123 e. The molecular weight excluding hydrogens is 233 g/mol. The monoisotopic (exact) mass is 247 g/mol. The third kappa shape index (κ3) is 4.01. The number of thioether (sulfide) groups is 1. The van der Waals surface area contributed by atoms with Crippen molar-refractivity contribution in [2.75, 3.05) is 12.3 Å². The molecule has 0 aliphatic carbocycles. The molecule has 1 heterocycles. The molecule has 15 heavy (non-hydrogen) atoms. The Kier molecular flexibility index (Phi) is 5.43. The number of benzene rings is 1. The Hall–Kier alpha value is -0.250. The maximum absolute atomic E-state index is 12.6. The van der Waals surface area contributed by atoms with E-state index in [-0.39, 0.29) is 18.2 Å². The van der Waals surface area contributed by atoms with E-state index in [2.05, 4.69) is 5.32 Å². The van der Waals surface area contributed by atoms with Crippen molar-refractivity contribution in [3.8, 4) is 0 Å². The van der Waals surface area contributed by atoms with Gasteiger partial charge in [0.25, 0.3) is 0 Å². The van der Waals surface area contributed by atoms with Crippen LogP contribution >= 0.6 is 24.2 Å². The number of halogens is 2. The molecule has 1 fully saturated rings. The van der Waals surface area contributed by atoms with Crippen LogP contribution in [0.2, 0.25) is 0 Å². The second-order valence-electron chi connectivity index (χ2n) is 3.56. The minimum atomic E-state index is -0.159. The summed E-state index contributed by atoms with van der Waals surface area (Å²) in [6.45, 7) is 1.15. The van der Waals surface area contributed by atoms with E-state index < -0.39 is 0 Å². The largest absolute Gasteiger partial charge is 0.313 e. The summed E-state index contributed by atoms with van der Waals surface area (Å²) in [6.07, 6.45) is 2.56. The molecule has 1 aliphatic heterocycles. The predicted octanol–water partition coefficient (Wildman–Crippen LogP) is 3.09. The zero-order valence-corrected chi connectivity index (χ0v) is 10.0. The van der Waals surface area contributed by atoms with Gasteiger partial charge < -0.3 is 5.32 Å². The first-order valence-electron chi connectivity index (χ1n) is 4.96. The fraction of sp³-hybridized carbons (Fsp3) is 0.455. The molecule has 1 nitrogen and oxygen atoms in total. The highest BCUT2D eigenvalue weighted by molar-refractivity contribution is 7.99. The lowest BCUT2D eigenvalue weighted by Crippen LogP contribution is -2.23. The third-order valence-electron chi connectivity index (χ3n) is 2.43. The van der Waals surface area contributed by atoms with Crippen LogP contribution in [0.4, 0.5) is 4.39 Å². The zero-order chi connectivity index (χ0) is 9.80. The molecule has 0 aromatic heterocycles. The van der Waals surface area contributed by atoms with Crippen LogP contribution in [0.5, 0.6) is 0 Å². The lowest BCUT2D eigenvalue weighted by molar-refractivity contribution is 0.626. The van der Waals surface area contributed by atoms with Gasteiger partial charge in [0, 0.05) is 16.7 Å². The first-order valence-corrected chi connectivity index (χ1v) is 5.95. The number of hydrogen-bond acceptors (Lipinski definition) is 2. The fourth-order valence-electron chi connectivity index (χ4n) is 1.63. The molecule has 1 N–H and O–H groups in total. The van der Waals surface area contributed by atoms with Gasteiger partial charge in [0.2, 0.25) is 0 Å². The van der Waals surface area contributed by atoms with Gasteiger partial charge in [0.15, 0.2) is 0 Å². The molecule has 1 aromatic rings. The molecule has 1 aromatic carbocycles. The SMILES string of the molecule is Cl.Fc1ccc(SCC2CCCN2)cc1. The molecular formula is C11H15ClFNS. The van der Waals surface area contributed by atoms with Crippen molar-refractivity contribution < 1.29 is 4.39 Å². The Bertz CT molecular complexity index is 285. The van der Waals surface area contributed by atoms with E-state index in [9.17, 15) is 4.39 Å². The standard InChI is InChI=1S/C11H14FNS.ClH/c12-9-3-5-11(6-4-9)14-8-10-2-1-7-13-10;/h3-6,10,13H,1-2,7-8H2;1H. The molecule has 4 heteroatoms. The summed E-state index contributed by atoms with van der Waals surface area (Å²) in [4.78, 5) is 1.15. The third-order valence-corrected chi connectivity index (χ3v) is 3.60. The van der Waals surface area contributed by atoms with Gasteiger partial charge in [-0.1, -0.05) is 0 Å². The van der Waals surface area contributed by atoms with Crippen molar-refractivity contribution in [1.82, 2.24) is 5.32 Å². The summed E-state index contributed by atoms with van der Waals surface area (Å²) in [6, 6.07) is 7.36. The quantitative estimate of drug-likeness (QED) is 0.824. The highest BCUT2D eigenvalue weighted by Gasteiger charge is 2.13. The van der Waals surface area contributed by atoms with E-state index >= 15 is 0 Å². The Balaban J connectivity index is 0.00000112. The first kappa shape index (κ1) is 12.8. The van der Waals surface area contributed by atoms with Crippen LogP contribution in [0.1, 0.15) is 12.8 Å². The molecule has 0 saturated carbocycles. The fourth-order valence-corrected chi connectivity index (χ4v) is 2.63. The minimum Gasteiger partial charge on any atom is -0.313 e. The average Bonchev–Trinajstić information content (AvgIpc) is 2.70. The molecule has 1 saturated heterocycles. The predicted molar refractivity (Wildman–Crippen MR) is 65.4 cm³/mol. The lowest BCUT2D eigenvalue weighted by Gasteiger charge is -2.08. The van der Waals surface area contributed by atoms with Crippen molar-refractivity contribution in [2.45, 2.75) is 23.8 Å². The van der Waals surface area contributed by atoms with Gasteiger partial charge in [-0.15, -0.1) is 24.2 Å². The van der Waals surface area contributed by atoms with Crippen molar-refractivity contribution in [2.24, 2.45) is 0 Å². The average molecular weight is 248 g/mol. The van der Waals surface area contributed by atoms with Crippen molar-refractivity contribution in [1.29, 1.82) is 0 Å². The van der Waals surface area contributed by atoms with Gasteiger partial charge in [0.1, 0.15) is 5.82 Å². The Labute approximate surface area is 100 Å². The van der Waals surface area contributed by atoms with Gasteiger partial charge in [-0.3, -0.25) is 0 Å². The highest BCUT2D eigenvalue weighted by Crippen LogP contribution is 2.21. The van der Waals surface area contributed by atoms with E-state index in [0.29, 0.717) is 6.04 Å². The molecule has 0 bridgehead atoms. The molecule has 1 atom stereocenters. The minimum absolute atomic E-state index is 0. The van der Waals surface area contributed by atoms with Crippen molar-refractivity contribution >= 4 is 24.2 Å². The van der Waals surface area contributed by atoms with Crippen LogP contribution < -0.4 is 5.32 Å². The van der Waals surface area contributed by atoms with Crippen LogP contribution in [-0.4, -0.2) is 18.3 Å². The van der Waals surface area contributed by atoms with Crippen LogP contribution in [-0.2, 0) is 0 Å². The molecule has 0 spiro atoms. The Morgan fingerprint density at radius 1 is 1.33 bits per heavy atom. The van der Waals surface area contributed by atoms with Crippen LogP contribution in [0, 0.1) is 5.82 Å². The van der Waals surface area contributed by atoms with Gasteiger partial charge >= 0.3 is 0 Å². The van der Waals surface area contributed by atoms with Gasteiger partial charge in [-0.05, 0) is 43.7 Å². The van der Waals surface area contributed by atoms with Gasteiger partial charge in [0.05, 0.1) is 0 Å². The summed E-state index contributed by atoms with van der Waals surface area (Å²) in [7, 11) is 0. The van der Waals surface area contributed by atoms with Gasteiger partial charge in [-0.2, -0.15) is 0 Å². The van der Waals surface area contributed by atoms with E-state index in [1.54, 1.807) is 11.8 Å². The maximum atomic E-state index is 12.6. The highest BCUT2D eigenvalue weighted by atomic mass is 35.5. The van der Waals surface area contributed by atoms with E-state index in [4.69, 9.17) is 0 Å². The molecule has 0 amide bonds. The van der Waals surface area contributed by atoms with Crippen LogP contribution in [0.25, 0.3) is 0 Å². The number of rotatable bonds is 3. The summed E-state index contributed by atoms with van der Waals surface area (Å²) in [5, 5.41) is 3.44. The Morgan fingerprint density at radius 2 is 2.07 bits per heavy atom. The second-order valence-corrected chi connectivity index (χ2v) is 4.65. The zero-order valence-electron chi connectivity index (χ0n) is 8.41. The first-order chi connectivity index (χ1) is 6.84. The topological polar surface area (TPSA) is 12.0 Å². The van der Waals surface area contributed by atoms with E-state index in [1.165, 1.54) is 25.0 Å². The summed E-state index contributed by atoms with van der Waals surface area (Å²) < 4.78 is 12.6. The number of nitrogens with one attached hydrogen (secondary N) is 1. The lowest BCUT2D eigenvalue weighted by atomic mass is 10.3. The van der Waals surface area contributed by atoms with E-state index in [0.717, 1.165) is 17.2 Å². The van der Waals surface area contributed by atoms with Crippen LogP contribution in [0.3, 0.4) is 0 Å². The molecule has 2 rings (SSSR count). The smallest absolute Gasteiger partial charge is 0.123 e. The van der Waals surface area contributed by atoms with Gasteiger partial charge in [-0.25, -0.2) is 4.39 Å². The summed E-state index contributed by atoms with van der Waals surface area (Å²) >= 11 is 1.80. The number of hydrogen-bond donors (Lipinski definition) is 1. The summed E-state index contributed by atoms with van der Waals surface area (Å²) in [5.41, 5.74) is 0. The second kappa shape index (κ2) is 6.36.